The fraction of sp³-hybridized carbons (Fsp3) is 0.720. The fourth-order valence-electron chi connectivity index (χ4n) is 6.22. The van der Waals surface area contributed by atoms with Gasteiger partial charge >= 0.3 is 11.9 Å². The van der Waals surface area contributed by atoms with Crippen LogP contribution in [0.3, 0.4) is 0 Å². The summed E-state index contributed by atoms with van der Waals surface area (Å²) >= 11 is 0. The second-order valence-corrected chi connectivity index (χ2v) is 10.4. The summed E-state index contributed by atoms with van der Waals surface area (Å²) in [5.41, 5.74) is -0.0644. The van der Waals surface area contributed by atoms with Crippen LogP contribution in [0.15, 0.2) is 23.3 Å². The molecule has 0 heterocycles. The van der Waals surface area contributed by atoms with Gasteiger partial charge < -0.3 is 14.6 Å². The normalized spacial score (nSPS) is 39.6. The number of ketones is 1. The van der Waals surface area contributed by atoms with E-state index in [0.29, 0.717) is 12.0 Å². The molecule has 31 heavy (non-hydrogen) atoms. The van der Waals surface area contributed by atoms with Crippen molar-refractivity contribution in [1.82, 2.24) is 0 Å². The lowest BCUT2D eigenvalue weighted by Crippen LogP contribution is -2.68. The minimum absolute atomic E-state index is 0.00558. The van der Waals surface area contributed by atoms with E-state index in [-0.39, 0.29) is 23.5 Å². The van der Waals surface area contributed by atoms with Crippen molar-refractivity contribution in [3.63, 3.8) is 0 Å². The van der Waals surface area contributed by atoms with Crippen LogP contribution < -0.4 is 0 Å². The van der Waals surface area contributed by atoms with Gasteiger partial charge in [-0.1, -0.05) is 46.3 Å². The molecule has 1 N–H and O–H groups in total. The van der Waals surface area contributed by atoms with Gasteiger partial charge in [-0.15, -0.1) is 0 Å². The van der Waals surface area contributed by atoms with E-state index in [4.69, 9.17) is 9.47 Å². The van der Waals surface area contributed by atoms with Gasteiger partial charge in [0.25, 0.3) is 0 Å². The first kappa shape index (κ1) is 23.7. The Hall–Kier alpha value is -1.95. The van der Waals surface area contributed by atoms with Crippen molar-refractivity contribution < 1.29 is 29.0 Å². The monoisotopic (exact) mass is 432 g/mol. The van der Waals surface area contributed by atoms with Crippen LogP contribution in [0.5, 0.6) is 0 Å². The zero-order chi connectivity index (χ0) is 23.5. The SMILES string of the molecule is C/C=C(/C)C(=O)O[C@@H]1[C@@H](O)[C@@H](OC(=O)C(C)CC)[C@@]2(C)C3C(=O)C=C(C)C2C3C1(C)C. The number of aliphatic hydroxyl groups excluding tert-OH is 1. The third kappa shape index (κ3) is 3.29. The number of carbonyl (C=O) groups is 3. The van der Waals surface area contributed by atoms with Crippen molar-refractivity contribution in [2.45, 2.75) is 80.1 Å². The van der Waals surface area contributed by atoms with E-state index in [1.54, 1.807) is 32.9 Å². The van der Waals surface area contributed by atoms with Crippen molar-refractivity contribution in [3.05, 3.63) is 23.3 Å². The molecule has 0 aromatic rings. The Bertz CT molecular complexity index is 852. The van der Waals surface area contributed by atoms with Gasteiger partial charge in [0, 0.05) is 22.3 Å². The number of ether oxygens (including phenoxy) is 2. The summed E-state index contributed by atoms with van der Waals surface area (Å²) < 4.78 is 11.8. The van der Waals surface area contributed by atoms with Gasteiger partial charge in [-0.3, -0.25) is 9.59 Å². The minimum Gasteiger partial charge on any atom is -0.459 e. The molecule has 8 atom stereocenters. The number of rotatable bonds is 5. The Labute approximate surface area is 185 Å². The summed E-state index contributed by atoms with van der Waals surface area (Å²) in [6.45, 7) is 14.8. The predicted molar refractivity (Wildman–Crippen MR) is 116 cm³/mol. The quantitative estimate of drug-likeness (QED) is 0.527. The summed E-state index contributed by atoms with van der Waals surface area (Å²) in [5.74, 6) is -1.80. The standard InChI is InChI=1S/C25H36O6/c1-9-12(3)22(28)30-20-19(27)21(31-23(29)13(4)10-2)25(8)16-14(5)11-15(26)17(25)18(16)24(20,6)7/h9,11,13,16-21,27H,10H2,1-8H3/b12-9-/t13?,16?,17?,18?,19-,20-,21-,25-/m1/s1. The zero-order valence-corrected chi connectivity index (χ0v) is 19.9. The molecule has 4 aliphatic rings. The van der Waals surface area contributed by atoms with E-state index in [9.17, 15) is 19.5 Å². The van der Waals surface area contributed by atoms with Crippen LogP contribution in [0.1, 0.15) is 61.8 Å². The van der Waals surface area contributed by atoms with E-state index < -0.39 is 47.0 Å². The highest BCUT2D eigenvalue weighted by Gasteiger charge is 2.76. The highest BCUT2D eigenvalue weighted by molar-refractivity contribution is 5.97. The van der Waals surface area contributed by atoms with Crippen LogP contribution in [0, 0.1) is 34.5 Å². The number of aliphatic hydroxyl groups is 1. The molecule has 0 spiro atoms. The van der Waals surface area contributed by atoms with Gasteiger partial charge in [-0.25, -0.2) is 4.79 Å². The van der Waals surface area contributed by atoms with E-state index >= 15 is 0 Å². The lowest BCUT2D eigenvalue weighted by molar-refractivity contribution is -0.212. The van der Waals surface area contributed by atoms with E-state index in [0.717, 1.165) is 5.57 Å². The molecule has 3 fully saturated rings. The van der Waals surface area contributed by atoms with E-state index in [1.807, 2.05) is 34.6 Å². The van der Waals surface area contributed by atoms with Crippen molar-refractivity contribution in [3.8, 4) is 0 Å². The molecule has 0 aromatic heterocycles. The van der Waals surface area contributed by atoms with Crippen molar-refractivity contribution in [1.29, 1.82) is 0 Å². The topological polar surface area (TPSA) is 89.9 Å². The molecule has 4 bridgehead atoms. The number of esters is 2. The number of carbonyl (C=O) groups excluding carboxylic acids is 3. The van der Waals surface area contributed by atoms with Gasteiger partial charge in [0.2, 0.25) is 0 Å². The molecule has 6 nitrogen and oxygen atoms in total. The molecule has 0 saturated heterocycles. The number of fused-ring (bicyclic) bond motifs is 3. The first-order chi connectivity index (χ1) is 14.3. The molecular weight excluding hydrogens is 396 g/mol. The Morgan fingerprint density at radius 2 is 1.81 bits per heavy atom. The molecule has 4 unspecified atom stereocenters. The third-order valence-electron chi connectivity index (χ3n) is 8.30. The summed E-state index contributed by atoms with van der Waals surface area (Å²) in [7, 11) is 0. The Morgan fingerprint density at radius 3 is 2.32 bits per heavy atom. The minimum atomic E-state index is -1.24. The maximum Gasteiger partial charge on any atom is 0.333 e. The van der Waals surface area contributed by atoms with Crippen molar-refractivity contribution in [2.24, 2.45) is 34.5 Å². The molecule has 4 aliphatic carbocycles. The lowest BCUT2D eigenvalue weighted by Gasteiger charge is -2.65. The lowest BCUT2D eigenvalue weighted by atomic mass is 9.37. The molecule has 6 heteroatoms. The number of hydrogen-bond acceptors (Lipinski definition) is 6. The molecule has 0 aliphatic heterocycles. The summed E-state index contributed by atoms with van der Waals surface area (Å²) in [6.07, 6.45) is 0.847. The van der Waals surface area contributed by atoms with Crippen LogP contribution in [0.2, 0.25) is 0 Å². The van der Waals surface area contributed by atoms with Gasteiger partial charge in [0.05, 0.1) is 5.92 Å². The van der Waals surface area contributed by atoms with Crippen molar-refractivity contribution in [2.75, 3.05) is 0 Å². The third-order valence-corrected chi connectivity index (χ3v) is 8.30. The largest absolute Gasteiger partial charge is 0.459 e. The number of hydrogen-bond donors (Lipinski definition) is 1. The second kappa shape index (κ2) is 7.88. The maximum atomic E-state index is 13.1. The average Bonchev–Trinajstić information content (AvgIpc) is 2.78. The van der Waals surface area contributed by atoms with Crippen LogP contribution in [0.25, 0.3) is 0 Å². The Morgan fingerprint density at radius 1 is 1.19 bits per heavy atom. The summed E-state index contributed by atoms with van der Waals surface area (Å²) in [4.78, 5) is 38.5. The zero-order valence-electron chi connectivity index (χ0n) is 19.9. The van der Waals surface area contributed by atoms with E-state index in [2.05, 4.69) is 0 Å². The highest BCUT2D eigenvalue weighted by Crippen LogP contribution is 2.72. The molecule has 0 amide bonds. The first-order valence-corrected chi connectivity index (χ1v) is 11.3. The molecule has 0 radical (unpaired) electrons. The van der Waals surface area contributed by atoms with Gasteiger partial charge in [-0.05, 0) is 45.1 Å². The van der Waals surface area contributed by atoms with Gasteiger partial charge in [-0.2, -0.15) is 0 Å². The van der Waals surface area contributed by atoms with Crippen LogP contribution in [-0.2, 0) is 23.9 Å². The van der Waals surface area contributed by atoms with Gasteiger partial charge in [0.1, 0.15) is 18.3 Å². The molecule has 172 valence electrons. The Kier molecular flexibility index (Phi) is 6.02. The summed E-state index contributed by atoms with van der Waals surface area (Å²) in [5, 5.41) is 11.5. The van der Waals surface area contributed by atoms with Crippen molar-refractivity contribution >= 4 is 17.7 Å². The predicted octanol–water partition coefficient (Wildman–Crippen LogP) is 3.62. The van der Waals surface area contributed by atoms with E-state index in [1.165, 1.54) is 0 Å². The smallest absolute Gasteiger partial charge is 0.333 e. The van der Waals surface area contributed by atoms with Crippen LogP contribution in [0.4, 0.5) is 0 Å². The maximum absolute atomic E-state index is 13.1. The first-order valence-electron chi connectivity index (χ1n) is 11.3. The Balaban J connectivity index is 2.11. The molecule has 0 aromatic carbocycles. The van der Waals surface area contributed by atoms with Crippen LogP contribution in [-0.4, -0.2) is 41.1 Å². The average molecular weight is 433 g/mol. The highest BCUT2D eigenvalue weighted by atomic mass is 16.6. The van der Waals surface area contributed by atoms with Crippen LogP contribution >= 0.6 is 0 Å². The molecule has 4 rings (SSSR count). The molecular formula is C25H36O6. The van der Waals surface area contributed by atoms with Gasteiger partial charge in [0.15, 0.2) is 5.78 Å². The number of allylic oxidation sites excluding steroid dienone is 3. The fourth-order valence-corrected chi connectivity index (χ4v) is 6.22. The molecule has 3 saturated carbocycles. The summed E-state index contributed by atoms with van der Waals surface area (Å²) in [6, 6.07) is 0. The second-order valence-electron chi connectivity index (χ2n) is 10.4.